The van der Waals surface area contributed by atoms with Crippen LogP contribution in [0.4, 0.5) is 9.93 Å². The molecule has 1 fully saturated rings. The summed E-state index contributed by atoms with van der Waals surface area (Å²) in [6.07, 6.45) is 7.44. The molecule has 0 saturated heterocycles. The fraction of sp³-hybridized carbons (Fsp3) is 0.412. The van der Waals surface area contributed by atoms with Gasteiger partial charge in [-0.15, -0.1) is 0 Å². The van der Waals surface area contributed by atoms with Crippen LogP contribution in [0.25, 0.3) is 0 Å². The molecule has 1 atom stereocenters. The molecule has 2 heterocycles. The lowest BCUT2D eigenvalue weighted by molar-refractivity contribution is -0.406. The SMILES string of the molecule is C[N+]1=C2C=CC(S(=O)(=O)NC3(C)CC3)=CC2C(=O)N(Cc2cnc(N)s2)C1=O. The van der Waals surface area contributed by atoms with E-state index in [0.717, 1.165) is 17.7 Å². The van der Waals surface area contributed by atoms with Crippen molar-refractivity contribution in [3.8, 4) is 0 Å². The minimum Gasteiger partial charge on any atom is -0.375 e. The first kappa shape index (κ1) is 19.0. The summed E-state index contributed by atoms with van der Waals surface area (Å²) < 4.78 is 29.4. The Bertz CT molecular complexity index is 1080. The molecule has 4 rings (SSSR count). The Morgan fingerprint density at radius 2 is 2.11 bits per heavy atom. The number of sulfonamides is 1. The van der Waals surface area contributed by atoms with E-state index in [1.807, 2.05) is 6.92 Å². The zero-order valence-electron chi connectivity index (χ0n) is 15.4. The molecule has 3 N–H and O–H groups in total. The molecule has 1 aliphatic heterocycles. The van der Waals surface area contributed by atoms with Crippen molar-refractivity contribution in [2.45, 2.75) is 31.8 Å². The Balaban J connectivity index is 1.66. The first-order valence-electron chi connectivity index (χ1n) is 8.70. The molecule has 11 heteroatoms. The molecular formula is C17H20N5O4S2+. The topological polar surface area (TPSA) is 125 Å². The lowest BCUT2D eigenvalue weighted by Gasteiger charge is -2.26. The molecule has 148 valence electrons. The summed E-state index contributed by atoms with van der Waals surface area (Å²) in [6.45, 7) is 1.88. The van der Waals surface area contributed by atoms with Crippen molar-refractivity contribution in [2.24, 2.45) is 5.92 Å². The van der Waals surface area contributed by atoms with Crippen LogP contribution in [0.5, 0.6) is 0 Å². The Hall–Kier alpha value is -2.37. The van der Waals surface area contributed by atoms with E-state index in [0.29, 0.717) is 15.7 Å². The number of anilines is 1. The van der Waals surface area contributed by atoms with Gasteiger partial charge in [0.1, 0.15) is 18.2 Å². The van der Waals surface area contributed by atoms with Gasteiger partial charge in [0.2, 0.25) is 10.0 Å². The number of nitrogens with one attached hydrogen (secondary N) is 1. The van der Waals surface area contributed by atoms with E-state index in [2.05, 4.69) is 9.71 Å². The minimum atomic E-state index is -3.74. The number of fused-ring (bicyclic) bond motifs is 1. The number of hydrogen-bond donors (Lipinski definition) is 2. The van der Waals surface area contributed by atoms with Gasteiger partial charge in [-0.25, -0.2) is 22.9 Å². The number of nitrogens with two attached hydrogens (primary N) is 1. The van der Waals surface area contributed by atoms with Crippen molar-refractivity contribution in [1.82, 2.24) is 14.6 Å². The first-order valence-corrected chi connectivity index (χ1v) is 11.0. The van der Waals surface area contributed by atoms with Gasteiger partial charge in [-0.2, -0.15) is 14.3 Å². The normalized spacial score (nSPS) is 23.7. The number of thiazole rings is 1. The average Bonchev–Trinajstić information content (AvgIpc) is 3.20. The van der Waals surface area contributed by atoms with Gasteiger partial charge in [-0.1, -0.05) is 11.3 Å². The number of amides is 3. The third kappa shape index (κ3) is 3.29. The van der Waals surface area contributed by atoms with E-state index in [1.54, 1.807) is 7.05 Å². The molecule has 1 aromatic heterocycles. The lowest BCUT2D eigenvalue weighted by atomic mass is 9.94. The van der Waals surface area contributed by atoms with Crippen molar-refractivity contribution in [3.63, 3.8) is 0 Å². The van der Waals surface area contributed by atoms with Crippen LogP contribution < -0.4 is 10.5 Å². The molecule has 1 unspecified atom stereocenters. The smallest absolute Gasteiger partial charge is 0.375 e. The van der Waals surface area contributed by atoms with E-state index < -0.39 is 33.4 Å². The predicted molar refractivity (Wildman–Crippen MR) is 104 cm³/mol. The van der Waals surface area contributed by atoms with Crippen molar-refractivity contribution < 1.29 is 22.6 Å². The summed E-state index contributed by atoms with van der Waals surface area (Å²) in [5.74, 6) is -1.32. The second-order valence-electron chi connectivity index (χ2n) is 7.40. The highest BCUT2D eigenvalue weighted by molar-refractivity contribution is 7.93. The van der Waals surface area contributed by atoms with Crippen molar-refractivity contribution in [1.29, 1.82) is 0 Å². The largest absolute Gasteiger partial charge is 0.501 e. The molecule has 0 aromatic carbocycles. The number of allylic oxidation sites excluding steroid dienone is 2. The molecule has 2 aliphatic carbocycles. The molecule has 28 heavy (non-hydrogen) atoms. The third-order valence-corrected chi connectivity index (χ3v) is 7.55. The monoisotopic (exact) mass is 422 g/mol. The Morgan fingerprint density at radius 3 is 2.71 bits per heavy atom. The number of imide groups is 1. The number of rotatable bonds is 5. The maximum Gasteiger partial charge on any atom is 0.501 e. The summed E-state index contributed by atoms with van der Waals surface area (Å²) in [5.41, 5.74) is 5.65. The highest BCUT2D eigenvalue weighted by Crippen LogP contribution is 2.36. The number of carbonyl (C=O) groups is 2. The quantitative estimate of drug-likeness (QED) is 0.677. The summed E-state index contributed by atoms with van der Waals surface area (Å²) in [6, 6.07) is -0.476. The van der Waals surface area contributed by atoms with Gasteiger partial charge >= 0.3 is 11.9 Å². The van der Waals surface area contributed by atoms with E-state index in [4.69, 9.17) is 5.73 Å². The second-order valence-corrected chi connectivity index (χ2v) is 10.2. The van der Waals surface area contributed by atoms with Gasteiger partial charge in [-0.3, -0.25) is 0 Å². The Kier molecular flexibility index (Phi) is 4.28. The molecule has 9 nitrogen and oxygen atoms in total. The van der Waals surface area contributed by atoms with Gasteiger partial charge in [0.15, 0.2) is 5.13 Å². The number of hydrogen-bond acceptors (Lipinski definition) is 7. The van der Waals surface area contributed by atoms with Crippen LogP contribution in [0.15, 0.2) is 29.3 Å². The molecule has 1 saturated carbocycles. The summed E-state index contributed by atoms with van der Waals surface area (Å²) in [7, 11) is -2.18. The van der Waals surface area contributed by atoms with Crippen LogP contribution in [0.2, 0.25) is 0 Å². The summed E-state index contributed by atoms with van der Waals surface area (Å²) in [5, 5.41) is 0.348. The van der Waals surface area contributed by atoms with Crippen LogP contribution in [0, 0.1) is 5.92 Å². The number of urea groups is 1. The van der Waals surface area contributed by atoms with Crippen LogP contribution in [0.1, 0.15) is 24.6 Å². The number of carbonyl (C=O) groups excluding carboxylic acids is 2. The third-order valence-electron chi connectivity index (χ3n) is 5.08. The number of nitrogens with zero attached hydrogens (tertiary/aromatic N) is 3. The van der Waals surface area contributed by atoms with E-state index in [-0.39, 0.29) is 11.4 Å². The fourth-order valence-electron chi connectivity index (χ4n) is 3.20. The predicted octanol–water partition coefficient (Wildman–Crippen LogP) is 0.813. The fourth-order valence-corrected chi connectivity index (χ4v) is 5.40. The Morgan fingerprint density at radius 1 is 1.39 bits per heavy atom. The summed E-state index contributed by atoms with van der Waals surface area (Å²) in [4.78, 5) is 31.4. The van der Waals surface area contributed by atoms with Gasteiger partial charge < -0.3 is 5.73 Å². The molecular weight excluding hydrogens is 402 g/mol. The molecule has 0 spiro atoms. The number of nitrogen functional groups attached to an aromatic ring is 1. The molecule has 0 radical (unpaired) electrons. The number of aromatic nitrogens is 1. The van der Waals surface area contributed by atoms with Crippen molar-refractivity contribution in [3.05, 3.63) is 34.2 Å². The maximum absolute atomic E-state index is 13.0. The molecule has 3 aliphatic rings. The van der Waals surface area contributed by atoms with Crippen molar-refractivity contribution in [2.75, 3.05) is 12.8 Å². The highest BCUT2D eigenvalue weighted by Gasteiger charge is 2.48. The van der Waals surface area contributed by atoms with Gasteiger partial charge in [0.25, 0.3) is 0 Å². The zero-order chi connectivity index (χ0) is 20.3. The zero-order valence-corrected chi connectivity index (χ0v) is 17.0. The highest BCUT2D eigenvalue weighted by atomic mass is 32.2. The molecule has 3 amide bonds. The van der Waals surface area contributed by atoms with E-state index in [9.17, 15) is 18.0 Å². The van der Waals surface area contributed by atoms with Gasteiger partial charge in [0, 0.05) is 11.7 Å². The van der Waals surface area contributed by atoms with Gasteiger partial charge in [0.05, 0.1) is 16.8 Å². The van der Waals surface area contributed by atoms with Crippen LogP contribution in [-0.4, -0.2) is 53.1 Å². The van der Waals surface area contributed by atoms with Crippen LogP contribution in [0.3, 0.4) is 0 Å². The first-order chi connectivity index (χ1) is 13.1. The van der Waals surface area contributed by atoms with Crippen molar-refractivity contribution >= 4 is 44.1 Å². The van der Waals surface area contributed by atoms with E-state index >= 15 is 0 Å². The van der Waals surface area contributed by atoms with Crippen LogP contribution in [-0.2, 0) is 21.4 Å². The molecule has 0 bridgehead atoms. The lowest BCUT2D eigenvalue weighted by Crippen LogP contribution is -2.53. The van der Waals surface area contributed by atoms with Crippen LogP contribution >= 0.6 is 11.3 Å². The average molecular weight is 423 g/mol. The minimum absolute atomic E-state index is 0.0347. The maximum atomic E-state index is 13.0. The summed E-state index contributed by atoms with van der Waals surface area (Å²) >= 11 is 1.19. The molecule has 1 aromatic rings. The van der Waals surface area contributed by atoms with Gasteiger partial charge in [-0.05, 0) is 38.0 Å². The standard InChI is InChI=1S/C17H20N5O4S2/c1-17(5-6-17)20-28(25,26)11-3-4-13-12(7-11)14(23)22(16(24)21(13)2)9-10-8-19-15(18)27-10/h3-4,7-8,12,20H,5-6,9H2,1-2H3,(H2,18,19)/q+1. The second kappa shape index (κ2) is 6.33. The van der Waals surface area contributed by atoms with E-state index in [1.165, 1.54) is 40.3 Å². The Labute approximate surface area is 166 Å².